The molecule has 1 amide bonds. The molecule has 0 aromatic heterocycles. The summed E-state index contributed by atoms with van der Waals surface area (Å²) in [7, 11) is -3.92. The van der Waals surface area contributed by atoms with E-state index in [9.17, 15) is 13.2 Å². The van der Waals surface area contributed by atoms with Gasteiger partial charge in [0.1, 0.15) is 0 Å². The van der Waals surface area contributed by atoms with E-state index in [1.54, 1.807) is 12.1 Å². The van der Waals surface area contributed by atoms with Gasteiger partial charge < -0.3 is 0 Å². The topological polar surface area (TPSA) is 63.2 Å². The molecule has 0 bridgehead atoms. The van der Waals surface area contributed by atoms with Crippen LogP contribution in [0.3, 0.4) is 0 Å². The molecule has 3 aromatic carbocycles. The summed E-state index contributed by atoms with van der Waals surface area (Å²) in [6.07, 6.45) is 1.45. The zero-order valence-corrected chi connectivity index (χ0v) is 15.3. The number of hydrogen-bond donors (Lipinski definition) is 1. The van der Waals surface area contributed by atoms with E-state index >= 15 is 0 Å². The lowest BCUT2D eigenvalue weighted by Gasteiger charge is -2.17. The number of hydrogen-bond acceptors (Lipinski definition) is 3. The van der Waals surface area contributed by atoms with E-state index < -0.39 is 21.8 Å². The number of amides is 1. The molecule has 0 unspecified atom stereocenters. The Bertz CT molecular complexity index is 975. The van der Waals surface area contributed by atoms with Crippen molar-refractivity contribution in [3.63, 3.8) is 0 Å². The average Bonchev–Trinajstić information content (AvgIpc) is 2.69. The largest absolute Gasteiger partial charge is 0.273 e. The molecule has 0 aliphatic rings. The first-order chi connectivity index (χ1) is 13.1. The molecule has 3 aromatic rings. The van der Waals surface area contributed by atoms with Crippen LogP contribution in [0.25, 0.3) is 6.08 Å². The van der Waals surface area contributed by atoms with Crippen molar-refractivity contribution in [2.45, 2.75) is 5.92 Å². The van der Waals surface area contributed by atoms with Gasteiger partial charge in [-0.25, -0.2) is 13.1 Å². The van der Waals surface area contributed by atoms with Crippen molar-refractivity contribution in [2.75, 3.05) is 0 Å². The molecule has 0 atom stereocenters. The molecular weight excluding hydrogens is 358 g/mol. The van der Waals surface area contributed by atoms with Crippen LogP contribution in [-0.4, -0.2) is 14.3 Å². The summed E-state index contributed by atoms with van der Waals surface area (Å²) >= 11 is 0. The second-order valence-corrected chi connectivity index (χ2v) is 7.55. The Hall–Kier alpha value is -3.18. The minimum absolute atomic E-state index is 0.592. The summed E-state index contributed by atoms with van der Waals surface area (Å²) in [6, 6.07) is 27.3. The van der Waals surface area contributed by atoms with Gasteiger partial charge in [0.2, 0.25) is 5.91 Å². The van der Waals surface area contributed by atoms with Crippen LogP contribution in [0.15, 0.2) is 96.4 Å². The van der Waals surface area contributed by atoms with Gasteiger partial charge in [0, 0.05) is 0 Å². The fourth-order valence-corrected chi connectivity index (χ4v) is 3.55. The molecule has 1 N–H and O–H groups in total. The standard InChI is InChI=1S/C22H19NO3S/c24-22(23-27(25,26)17-16-18-10-4-1-5-11-18)21(19-12-6-2-7-13-19)20-14-8-3-9-15-20/h1-17,21H,(H,23,24). The molecule has 3 rings (SSSR count). The molecule has 0 aliphatic heterocycles. The Morgan fingerprint density at radius 3 is 1.67 bits per heavy atom. The highest BCUT2D eigenvalue weighted by atomic mass is 32.2. The number of carbonyl (C=O) groups excluding carboxylic acids is 1. The monoisotopic (exact) mass is 377 g/mol. The lowest BCUT2D eigenvalue weighted by atomic mass is 9.91. The van der Waals surface area contributed by atoms with E-state index in [-0.39, 0.29) is 0 Å². The van der Waals surface area contributed by atoms with Gasteiger partial charge >= 0.3 is 0 Å². The third-order valence-electron chi connectivity index (χ3n) is 4.01. The van der Waals surface area contributed by atoms with E-state index in [2.05, 4.69) is 4.72 Å². The molecule has 0 saturated carbocycles. The van der Waals surface area contributed by atoms with Crippen molar-refractivity contribution < 1.29 is 13.2 Å². The molecular formula is C22H19NO3S. The maximum absolute atomic E-state index is 12.8. The third-order valence-corrected chi connectivity index (χ3v) is 4.99. The van der Waals surface area contributed by atoms with Crippen molar-refractivity contribution in [3.05, 3.63) is 113 Å². The van der Waals surface area contributed by atoms with Crippen LogP contribution in [0.2, 0.25) is 0 Å². The Balaban J connectivity index is 1.85. The quantitative estimate of drug-likeness (QED) is 0.708. The van der Waals surface area contributed by atoms with Crippen LogP contribution < -0.4 is 4.72 Å². The van der Waals surface area contributed by atoms with Crippen molar-refractivity contribution in [1.29, 1.82) is 0 Å². The van der Waals surface area contributed by atoms with Crippen LogP contribution in [0, 0.1) is 0 Å². The Kier molecular flexibility index (Phi) is 5.84. The maximum Gasteiger partial charge on any atom is 0.257 e. The van der Waals surface area contributed by atoms with Gasteiger partial charge in [0.15, 0.2) is 0 Å². The summed E-state index contributed by atoms with van der Waals surface area (Å²) in [4.78, 5) is 12.8. The van der Waals surface area contributed by atoms with E-state index in [0.29, 0.717) is 0 Å². The van der Waals surface area contributed by atoms with E-state index in [0.717, 1.165) is 22.1 Å². The summed E-state index contributed by atoms with van der Waals surface area (Å²) in [5, 5.41) is 1.01. The fourth-order valence-electron chi connectivity index (χ4n) is 2.75. The molecule has 0 aliphatic carbocycles. The first kappa shape index (κ1) is 18.6. The minimum Gasteiger partial charge on any atom is -0.273 e. The van der Waals surface area contributed by atoms with Crippen LogP contribution in [0.1, 0.15) is 22.6 Å². The second kappa shape index (κ2) is 8.47. The van der Waals surface area contributed by atoms with E-state index in [1.807, 2.05) is 78.9 Å². The highest BCUT2D eigenvalue weighted by Gasteiger charge is 2.25. The Morgan fingerprint density at radius 2 is 1.19 bits per heavy atom. The molecule has 4 nitrogen and oxygen atoms in total. The number of carbonyl (C=O) groups is 1. The fraction of sp³-hybridized carbons (Fsp3) is 0.0455. The Morgan fingerprint density at radius 1 is 0.741 bits per heavy atom. The minimum atomic E-state index is -3.92. The molecule has 0 radical (unpaired) electrons. The molecule has 0 spiro atoms. The van der Waals surface area contributed by atoms with Gasteiger partial charge in [0.25, 0.3) is 10.0 Å². The van der Waals surface area contributed by atoms with E-state index in [1.165, 1.54) is 6.08 Å². The van der Waals surface area contributed by atoms with Crippen molar-refractivity contribution in [1.82, 2.24) is 4.72 Å². The normalized spacial score (nSPS) is 11.6. The summed E-state index contributed by atoms with van der Waals surface area (Å²) < 4.78 is 26.9. The van der Waals surface area contributed by atoms with Gasteiger partial charge in [-0.2, -0.15) is 0 Å². The summed E-state index contributed by atoms with van der Waals surface area (Å²) in [5.74, 6) is -1.31. The van der Waals surface area contributed by atoms with Crippen molar-refractivity contribution in [3.8, 4) is 0 Å². The smallest absolute Gasteiger partial charge is 0.257 e. The molecule has 136 valence electrons. The summed E-state index contributed by atoms with van der Waals surface area (Å²) in [5.41, 5.74) is 2.19. The van der Waals surface area contributed by atoms with Gasteiger partial charge in [-0.15, -0.1) is 0 Å². The number of benzene rings is 3. The molecule has 0 fully saturated rings. The van der Waals surface area contributed by atoms with E-state index in [4.69, 9.17) is 0 Å². The lowest BCUT2D eigenvalue weighted by molar-refractivity contribution is -0.119. The second-order valence-electron chi connectivity index (χ2n) is 5.98. The van der Waals surface area contributed by atoms with Crippen molar-refractivity contribution >= 4 is 22.0 Å². The van der Waals surface area contributed by atoms with Crippen LogP contribution in [-0.2, 0) is 14.8 Å². The van der Waals surface area contributed by atoms with Crippen LogP contribution in [0.4, 0.5) is 0 Å². The average molecular weight is 377 g/mol. The zero-order valence-electron chi connectivity index (χ0n) is 14.5. The maximum atomic E-state index is 12.8. The lowest BCUT2D eigenvalue weighted by Crippen LogP contribution is -2.33. The van der Waals surface area contributed by atoms with Gasteiger partial charge in [-0.05, 0) is 22.8 Å². The molecule has 0 saturated heterocycles. The van der Waals surface area contributed by atoms with Gasteiger partial charge in [-0.1, -0.05) is 91.0 Å². The number of sulfonamides is 1. The van der Waals surface area contributed by atoms with Crippen LogP contribution >= 0.6 is 0 Å². The Labute approximate surface area is 159 Å². The predicted octanol–water partition coefficient (Wildman–Crippen LogP) is 3.94. The van der Waals surface area contributed by atoms with Crippen molar-refractivity contribution in [2.24, 2.45) is 0 Å². The predicted molar refractivity (Wildman–Crippen MR) is 107 cm³/mol. The zero-order chi connectivity index (χ0) is 19.1. The molecule has 5 heteroatoms. The van der Waals surface area contributed by atoms with Crippen LogP contribution in [0.5, 0.6) is 0 Å². The highest BCUT2D eigenvalue weighted by molar-refractivity contribution is 7.93. The first-order valence-corrected chi connectivity index (χ1v) is 9.99. The third kappa shape index (κ3) is 5.15. The SMILES string of the molecule is O=C(NS(=O)(=O)C=Cc1ccccc1)C(c1ccccc1)c1ccccc1. The molecule has 27 heavy (non-hydrogen) atoms. The van der Waals surface area contributed by atoms with Gasteiger partial charge in [-0.3, -0.25) is 4.79 Å². The number of nitrogens with one attached hydrogen (secondary N) is 1. The highest BCUT2D eigenvalue weighted by Crippen LogP contribution is 2.25. The molecule has 0 heterocycles. The number of rotatable bonds is 6. The first-order valence-electron chi connectivity index (χ1n) is 8.45. The van der Waals surface area contributed by atoms with Gasteiger partial charge in [0.05, 0.1) is 11.3 Å². The summed E-state index contributed by atoms with van der Waals surface area (Å²) in [6.45, 7) is 0.